The van der Waals surface area contributed by atoms with Gasteiger partial charge in [0.05, 0.1) is 6.61 Å². The summed E-state index contributed by atoms with van der Waals surface area (Å²) in [5, 5.41) is 0. The molecule has 0 saturated carbocycles. The summed E-state index contributed by atoms with van der Waals surface area (Å²) in [4.78, 5) is 2.37. The Kier molecular flexibility index (Phi) is 4.42. The van der Waals surface area contributed by atoms with Gasteiger partial charge in [-0.3, -0.25) is 0 Å². The van der Waals surface area contributed by atoms with Gasteiger partial charge in [-0.2, -0.15) is 0 Å². The minimum absolute atomic E-state index is 0.0577. The van der Waals surface area contributed by atoms with Crippen LogP contribution < -0.4 is 10.6 Å². The van der Waals surface area contributed by atoms with Crippen LogP contribution in [0.15, 0.2) is 22.7 Å². The van der Waals surface area contributed by atoms with E-state index in [4.69, 9.17) is 10.5 Å². The molecule has 1 unspecified atom stereocenters. The Balaban J connectivity index is 2.30. The van der Waals surface area contributed by atoms with Crippen LogP contribution in [0.2, 0.25) is 0 Å². The van der Waals surface area contributed by atoms with E-state index in [9.17, 15) is 0 Å². The summed E-state index contributed by atoms with van der Waals surface area (Å²) in [7, 11) is 0. The topological polar surface area (TPSA) is 38.5 Å². The molecule has 1 aromatic carbocycles. The molecule has 1 saturated heterocycles. The number of hydrogen-bond donors (Lipinski definition) is 1. The maximum Gasteiger partial charge on any atom is 0.0641 e. The Hall–Kier alpha value is -0.580. The van der Waals surface area contributed by atoms with Crippen molar-refractivity contribution >= 4 is 21.6 Å². The zero-order valence-electron chi connectivity index (χ0n) is 10.2. The molecule has 1 fully saturated rings. The van der Waals surface area contributed by atoms with Gasteiger partial charge < -0.3 is 15.4 Å². The Morgan fingerprint density at radius 3 is 2.94 bits per heavy atom. The average molecular weight is 299 g/mol. The number of benzene rings is 1. The van der Waals surface area contributed by atoms with E-state index in [-0.39, 0.29) is 6.04 Å². The fraction of sp³-hybridized carbons (Fsp3) is 0.538. The molecule has 17 heavy (non-hydrogen) atoms. The molecule has 0 spiro atoms. The molecule has 1 aromatic rings. The second-order valence-electron chi connectivity index (χ2n) is 4.44. The van der Waals surface area contributed by atoms with Crippen molar-refractivity contribution in [2.45, 2.75) is 19.4 Å². The number of ether oxygens (including phenoxy) is 1. The Morgan fingerprint density at radius 1 is 1.35 bits per heavy atom. The number of rotatable bonds is 2. The zero-order valence-corrected chi connectivity index (χ0v) is 11.7. The molecular formula is C13H19BrN2O. The van der Waals surface area contributed by atoms with Gasteiger partial charge in [0.15, 0.2) is 0 Å². The van der Waals surface area contributed by atoms with E-state index < -0.39 is 0 Å². The van der Waals surface area contributed by atoms with Crippen molar-refractivity contribution in [3.8, 4) is 0 Å². The van der Waals surface area contributed by atoms with Gasteiger partial charge in [0.2, 0.25) is 0 Å². The summed E-state index contributed by atoms with van der Waals surface area (Å²) in [5.74, 6) is 0. The van der Waals surface area contributed by atoms with Gasteiger partial charge in [-0.05, 0) is 31.0 Å². The third-order valence-corrected chi connectivity index (χ3v) is 3.54. The van der Waals surface area contributed by atoms with Crippen molar-refractivity contribution in [1.29, 1.82) is 0 Å². The lowest BCUT2D eigenvalue weighted by Crippen LogP contribution is -2.28. The Bertz CT molecular complexity index is 374. The van der Waals surface area contributed by atoms with Crippen molar-refractivity contribution in [3.05, 3.63) is 28.2 Å². The molecule has 1 atom stereocenters. The third kappa shape index (κ3) is 3.21. The monoisotopic (exact) mass is 298 g/mol. The highest BCUT2D eigenvalue weighted by molar-refractivity contribution is 9.10. The first-order valence-electron chi connectivity index (χ1n) is 6.06. The SMILES string of the molecule is CC(N)c1ccc(Br)cc1N1CCCOCC1. The maximum absolute atomic E-state index is 6.04. The van der Waals surface area contributed by atoms with Crippen LogP contribution in [0.4, 0.5) is 5.69 Å². The first kappa shape index (κ1) is 12.9. The van der Waals surface area contributed by atoms with Crippen LogP contribution in [0.1, 0.15) is 24.9 Å². The van der Waals surface area contributed by atoms with E-state index in [1.807, 2.05) is 6.92 Å². The van der Waals surface area contributed by atoms with Crippen LogP contribution in [0.25, 0.3) is 0 Å². The van der Waals surface area contributed by atoms with Crippen LogP contribution in [0.5, 0.6) is 0 Å². The van der Waals surface area contributed by atoms with E-state index in [0.29, 0.717) is 0 Å². The molecule has 1 aliphatic rings. The van der Waals surface area contributed by atoms with Crippen molar-refractivity contribution in [1.82, 2.24) is 0 Å². The van der Waals surface area contributed by atoms with Gasteiger partial charge in [-0.15, -0.1) is 0 Å². The van der Waals surface area contributed by atoms with Crippen LogP contribution in [0, 0.1) is 0 Å². The Morgan fingerprint density at radius 2 is 2.18 bits per heavy atom. The lowest BCUT2D eigenvalue weighted by Gasteiger charge is -2.26. The number of hydrogen-bond acceptors (Lipinski definition) is 3. The largest absolute Gasteiger partial charge is 0.380 e. The number of halogens is 1. The quantitative estimate of drug-likeness (QED) is 0.912. The number of nitrogens with zero attached hydrogens (tertiary/aromatic N) is 1. The molecule has 2 rings (SSSR count). The Labute approximate surface area is 111 Å². The highest BCUT2D eigenvalue weighted by atomic mass is 79.9. The highest BCUT2D eigenvalue weighted by Gasteiger charge is 2.15. The highest BCUT2D eigenvalue weighted by Crippen LogP contribution is 2.29. The first-order valence-corrected chi connectivity index (χ1v) is 6.85. The smallest absolute Gasteiger partial charge is 0.0641 e. The van der Waals surface area contributed by atoms with E-state index in [1.165, 1.54) is 11.3 Å². The predicted molar refractivity (Wildman–Crippen MR) is 74.4 cm³/mol. The number of nitrogens with two attached hydrogens (primary N) is 1. The van der Waals surface area contributed by atoms with Crippen molar-refractivity contribution in [3.63, 3.8) is 0 Å². The molecule has 0 aliphatic carbocycles. The molecule has 0 bridgehead atoms. The molecule has 3 nitrogen and oxygen atoms in total. The van der Waals surface area contributed by atoms with E-state index in [2.05, 4.69) is 39.0 Å². The molecular weight excluding hydrogens is 280 g/mol. The fourth-order valence-electron chi connectivity index (χ4n) is 2.16. The molecule has 1 heterocycles. The summed E-state index contributed by atoms with van der Waals surface area (Å²) >= 11 is 3.53. The lowest BCUT2D eigenvalue weighted by molar-refractivity contribution is 0.152. The fourth-order valence-corrected chi connectivity index (χ4v) is 2.51. The van der Waals surface area contributed by atoms with E-state index in [1.54, 1.807) is 0 Å². The van der Waals surface area contributed by atoms with Gasteiger partial charge in [0.1, 0.15) is 0 Å². The van der Waals surface area contributed by atoms with Crippen LogP contribution in [-0.2, 0) is 4.74 Å². The normalized spacial score (nSPS) is 18.9. The summed E-state index contributed by atoms with van der Waals surface area (Å²) in [6, 6.07) is 6.37. The van der Waals surface area contributed by atoms with Crippen molar-refractivity contribution < 1.29 is 4.74 Å². The molecule has 0 amide bonds. The summed E-state index contributed by atoms with van der Waals surface area (Å²) in [6.07, 6.45) is 1.07. The second-order valence-corrected chi connectivity index (χ2v) is 5.36. The van der Waals surface area contributed by atoms with Crippen molar-refractivity contribution in [2.75, 3.05) is 31.2 Å². The van der Waals surface area contributed by atoms with E-state index >= 15 is 0 Å². The third-order valence-electron chi connectivity index (χ3n) is 3.05. The zero-order chi connectivity index (χ0) is 12.3. The number of anilines is 1. The summed E-state index contributed by atoms with van der Waals surface area (Å²) in [5.41, 5.74) is 8.48. The molecule has 0 radical (unpaired) electrons. The van der Waals surface area contributed by atoms with Gasteiger partial charge in [-0.1, -0.05) is 22.0 Å². The minimum Gasteiger partial charge on any atom is -0.380 e. The van der Waals surface area contributed by atoms with E-state index in [0.717, 1.165) is 37.2 Å². The maximum atomic E-state index is 6.04. The summed E-state index contributed by atoms with van der Waals surface area (Å²) in [6.45, 7) is 5.66. The standard InChI is InChI=1S/C13H19BrN2O/c1-10(15)12-4-3-11(14)9-13(12)16-5-2-7-17-8-6-16/h3-4,9-10H,2,5-8,15H2,1H3. The van der Waals surface area contributed by atoms with Gasteiger partial charge in [-0.25, -0.2) is 0 Å². The molecule has 1 aliphatic heterocycles. The molecule has 4 heteroatoms. The lowest BCUT2D eigenvalue weighted by atomic mass is 10.1. The van der Waals surface area contributed by atoms with Crippen molar-refractivity contribution in [2.24, 2.45) is 5.73 Å². The van der Waals surface area contributed by atoms with Gasteiger partial charge in [0, 0.05) is 35.9 Å². The first-order chi connectivity index (χ1) is 8.18. The van der Waals surface area contributed by atoms with Crippen LogP contribution in [-0.4, -0.2) is 26.3 Å². The second kappa shape index (κ2) is 5.85. The van der Waals surface area contributed by atoms with Crippen LogP contribution >= 0.6 is 15.9 Å². The van der Waals surface area contributed by atoms with Gasteiger partial charge in [0.25, 0.3) is 0 Å². The molecule has 94 valence electrons. The van der Waals surface area contributed by atoms with Crippen LogP contribution in [0.3, 0.4) is 0 Å². The molecule has 2 N–H and O–H groups in total. The average Bonchev–Trinajstić information content (AvgIpc) is 2.56. The summed E-state index contributed by atoms with van der Waals surface area (Å²) < 4.78 is 6.59. The molecule has 0 aromatic heterocycles. The minimum atomic E-state index is 0.0577. The predicted octanol–water partition coefficient (Wildman–Crippen LogP) is 2.70. The van der Waals surface area contributed by atoms with Gasteiger partial charge >= 0.3 is 0 Å².